The van der Waals surface area contributed by atoms with E-state index in [1.54, 1.807) is 4.90 Å². The zero-order chi connectivity index (χ0) is 21.9. The van der Waals surface area contributed by atoms with Gasteiger partial charge >= 0.3 is 0 Å². The molecule has 3 atom stereocenters. The molecular weight excluding hydrogens is 410 g/mol. The SMILES string of the molecule is O=C1CCC(N2Cc3cc(OC4CCCCC4N4CC5(COC5)C4)ccc3C2=O)C(=O)N1. The summed E-state index contributed by atoms with van der Waals surface area (Å²) in [4.78, 5) is 40.8. The summed E-state index contributed by atoms with van der Waals surface area (Å²) in [7, 11) is 0. The fraction of sp³-hybridized carbons (Fsp3) is 0.625. The molecule has 32 heavy (non-hydrogen) atoms. The van der Waals surface area contributed by atoms with E-state index in [0.29, 0.717) is 30.0 Å². The quantitative estimate of drug-likeness (QED) is 0.715. The van der Waals surface area contributed by atoms with E-state index in [9.17, 15) is 14.4 Å². The average molecular weight is 440 g/mol. The highest BCUT2D eigenvalue weighted by Gasteiger charge is 2.52. The molecule has 5 aliphatic rings. The number of carbonyl (C=O) groups excluding carboxylic acids is 3. The fourth-order valence-corrected chi connectivity index (χ4v) is 6.05. The van der Waals surface area contributed by atoms with E-state index < -0.39 is 6.04 Å². The van der Waals surface area contributed by atoms with Gasteiger partial charge in [0.05, 0.1) is 13.2 Å². The molecule has 0 bridgehead atoms. The van der Waals surface area contributed by atoms with Crippen LogP contribution in [0.5, 0.6) is 5.75 Å². The van der Waals surface area contributed by atoms with Gasteiger partial charge < -0.3 is 14.4 Å². The largest absolute Gasteiger partial charge is 0.489 e. The zero-order valence-corrected chi connectivity index (χ0v) is 18.2. The van der Waals surface area contributed by atoms with Crippen LogP contribution in [-0.2, 0) is 20.9 Å². The van der Waals surface area contributed by atoms with Crippen LogP contribution in [0.1, 0.15) is 54.4 Å². The molecule has 8 nitrogen and oxygen atoms in total. The molecule has 4 aliphatic heterocycles. The number of amides is 3. The van der Waals surface area contributed by atoms with Crippen LogP contribution >= 0.6 is 0 Å². The lowest BCUT2D eigenvalue weighted by Gasteiger charge is -2.58. The van der Waals surface area contributed by atoms with Crippen molar-refractivity contribution >= 4 is 17.7 Å². The number of nitrogens with one attached hydrogen (secondary N) is 1. The molecule has 3 amide bonds. The Morgan fingerprint density at radius 3 is 2.62 bits per heavy atom. The van der Waals surface area contributed by atoms with Crippen molar-refractivity contribution in [3.05, 3.63) is 29.3 Å². The smallest absolute Gasteiger partial charge is 0.255 e. The highest BCUT2D eigenvalue weighted by atomic mass is 16.5. The van der Waals surface area contributed by atoms with Gasteiger partial charge in [-0.15, -0.1) is 0 Å². The molecule has 1 aromatic rings. The first-order valence-electron chi connectivity index (χ1n) is 11.8. The molecule has 0 radical (unpaired) electrons. The normalized spacial score (nSPS) is 31.7. The number of nitrogens with zero attached hydrogens (tertiary/aromatic N) is 2. The Kier molecular flexibility index (Phi) is 4.76. The van der Waals surface area contributed by atoms with Crippen molar-refractivity contribution in [2.24, 2.45) is 5.41 Å². The molecule has 1 aliphatic carbocycles. The van der Waals surface area contributed by atoms with Gasteiger partial charge in [-0.2, -0.15) is 0 Å². The van der Waals surface area contributed by atoms with Crippen LogP contribution in [0.15, 0.2) is 18.2 Å². The van der Waals surface area contributed by atoms with Crippen molar-refractivity contribution in [3.63, 3.8) is 0 Å². The first-order chi connectivity index (χ1) is 15.5. The number of hydrogen-bond donors (Lipinski definition) is 1. The Morgan fingerprint density at radius 2 is 1.88 bits per heavy atom. The van der Waals surface area contributed by atoms with Gasteiger partial charge in [-0.05, 0) is 49.4 Å². The van der Waals surface area contributed by atoms with Gasteiger partial charge in [0.25, 0.3) is 5.91 Å². The first kappa shape index (κ1) is 20.2. The number of ether oxygens (including phenoxy) is 2. The van der Waals surface area contributed by atoms with Gasteiger partial charge in [0.2, 0.25) is 11.8 Å². The Hall–Kier alpha value is -2.45. The highest BCUT2D eigenvalue weighted by Crippen LogP contribution is 2.42. The monoisotopic (exact) mass is 439 g/mol. The fourth-order valence-electron chi connectivity index (χ4n) is 6.05. The van der Waals surface area contributed by atoms with Crippen LogP contribution < -0.4 is 10.1 Å². The molecular formula is C24H29N3O5. The van der Waals surface area contributed by atoms with E-state index in [4.69, 9.17) is 9.47 Å². The molecule has 8 heteroatoms. The summed E-state index contributed by atoms with van der Waals surface area (Å²) in [6.45, 7) is 4.38. The van der Waals surface area contributed by atoms with Gasteiger partial charge in [0, 0.05) is 43.1 Å². The number of rotatable bonds is 4. The lowest BCUT2D eigenvalue weighted by atomic mass is 9.75. The summed E-state index contributed by atoms with van der Waals surface area (Å²) in [5, 5.41) is 2.35. The topological polar surface area (TPSA) is 88.2 Å². The lowest BCUT2D eigenvalue weighted by molar-refractivity contribution is -0.207. The molecule has 0 aromatic heterocycles. The van der Waals surface area contributed by atoms with Crippen LogP contribution in [-0.4, -0.2) is 72.0 Å². The molecule has 3 unspecified atom stereocenters. The zero-order valence-electron chi connectivity index (χ0n) is 18.2. The summed E-state index contributed by atoms with van der Waals surface area (Å²) in [6, 6.07) is 5.51. The van der Waals surface area contributed by atoms with E-state index in [1.165, 1.54) is 12.8 Å². The van der Waals surface area contributed by atoms with Crippen LogP contribution in [0.3, 0.4) is 0 Å². The minimum Gasteiger partial charge on any atom is -0.489 e. The highest BCUT2D eigenvalue weighted by molar-refractivity contribution is 6.05. The predicted octanol–water partition coefficient (Wildman–Crippen LogP) is 1.47. The number of likely N-dealkylation sites (tertiary alicyclic amines) is 1. The molecule has 4 fully saturated rings. The predicted molar refractivity (Wildman–Crippen MR) is 114 cm³/mol. The van der Waals surface area contributed by atoms with E-state index >= 15 is 0 Å². The standard InChI is InChI=1S/C24H29N3O5/c28-21-8-7-19(22(29)25-21)27-10-15-9-16(5-6-17(15)23(27)30)32-20-4-2-1-3-18(20)26-11-24(12-26)13-31-14-24/h5-6,9,18-20H,1-4,7-8,10-14H2,(H,25,28,29). The Morgan fingerprint density at radius 1 is 1.06 bits per heavy atom. The Balaban J connectivity index is 1.14. The second-order valence-electron chi connectivity index (χ2n) is 10.1. The second-order valence-corrected chi connectivity index (χ2v) is 10.1. The van der Waals surface area contributed by atoms with Crippen molar-refractivity contribution in [1.29, 1.82) is 0 Å². The number of carbonyl (C=O) groups is 3. The van der Waals surface area contributed by atoms with E-state index in [2.05, 4.69) is 10.2 Å². The molecule has 1 aromatic carbocycles. The van der Waals surface area contributed by atoms with Gasteiger partial charge in [-0.1, -0.05) is 6.42 Å². The minimum atomic E-state index is -0.589. The third-order valence-electron chi connectivity index (χ3n) is 7.81. The molecule has 1 spiro atoms. The maximum atomic E-state index is 12.9. The van der Waals surface area contributed by atoms with Crippen LogP contribution in [0.4, 0.5) is 0 Å². The van der Waals surface area contributed by atoms with E-state index in [-0.39, 0.29) is 30.2 Å². The summed E-state index contributed by atoms with van der Waals surface area (Å²) >= 11 is 0. The van der Waals surface area contributed by atoms with E-state index in [0.717, 1.165) is 50.5 Å². The Labute approximate surface area is 187 Å². The van der Waals surface area contributed by atoms with Crippen molar-refractivity contribution in [1.82, 2.24) is 15.1 Å². The lowest BCUT2D eigenvalue weighted by Crippen LogP contribution is -2.70. The van der Waals surface area contributed by atoms with Crippen molar-refractivity contribution in [2.75, 3.05) is 26.3 Å². The third-order valence-corrected chi connectivity index (χ3v) is 7.81. The van der Waals surface area contributed by atoms with Gasteiger partial charge in [-0.3, -0.25) is 24.6 Å². The summed E-state index contributed by atoms with van der Waals surface area (Å²) < 4.78 is 11.9. The number of benzene rings is 1. The first-order valence-corrected chi connectivity index (χ1v) is 11.8. The van der Waals surface area contributed by atoms with Crippen molar-refractivity contribution in [3.8, 4) is 5.75 Å². The van der Waals surface area contributed by atoms with E-state index in [1.807, 2.05) is 18.2 Å². The maximum absolute atomic E-state index is 12.9. The molecule has 1 N–H and O–H groups in total. The average Bonchev–Trinajstić information content (AvgIpc) is 3.03. The van der Waals surface area contributed by atoms with Crippen molar-refractivity contribution in [2.45, 2.75) is 63.3 Å². The molecule has 4 heterocycles. The molecule has 1 saturated carbocycles. The summed E-state index contributed by atoms with van der Waals surface area (Å²) in [5.74, 6) is -0.00910. The van der Waals surface area contributed by atoms with Gasteiger partial charge in [-0.25, -0.2) is 0 Å². The number of fused-ring (bicyclic) bond motifs is 1. The summed E-state index contributed by atoms with van der Waals surface area (Å²) in [6.07, 6.45) is 5.42. The number of imide groups is 1. The number of piperidine rings is 1. The van der Waals surface area contributed by atoms with Crippen LogP contribution in [0, 0.1) is 5.41 Å². The van der Waals surface area contributed by atoms with Crippen LogP contribution in [0.2, 0.25) is 0 Å². The van der Waals surface area contributed by atoms with Crippen molar-refractivity contribution < 1.29 is 23.9 Å². The minimum absolute atomic E-state index is 0.148. The third kappa shape index (κ3) is 3.31. The molecule has 3 saturated heterocycles. The van der Waals surface area contributed by atoms with Crippen LogP contribution in [0.25, 0.3) is 0 Å². The molecule has 170 valence electrons. The number of hydrogen-bond acceptors (Lipinski definition) is 6. The van der Waals surface area contributed by atoms with Gasteiger partial charge in [0.15, 0.2) is 0 Å². The second kappa shape index (κ2) is 7.56. The summed E-state index contributed by atoms with van der Waals surface area (Å²) in [5.41, 5.74) is 1.91. The molecule has 6 rings (SSSR count). The maximum Gasteiger partial charge on any atom is 0.255 e. The Bertz CT molecular complexity index is 966. The van der Waals surface area contributed by atoms with Gasteiger partial charge in [0.1, 0.15) is 17.9 Å².